The fourth-order valence-corrected chi connectivity index (χ4v) is 4.40. The Balaban J connectivity index is 1.49. The van der Waals surface area contributed by atoms with Gasteiger partial charge in [0.2, 0.25) is 11.8 Å². The van der Waals surface area contributed by atoms with Crippen molar-refractivity contribution in [3.05, 3.63) is 0 Å². The Kier molecular flexibility index (Phi) is 5.54. The van der Waals surface area contributed by atoms with E-state index in [1.54, 1.807) is 0 Å². The van der Waals surface area contributed by atoms with Crippen LogP contribution in [0.4, 0.5) is 0 Å². The number of nitrogens with two attached hydrogens (primary N) is 1. The lowest BCUT2D eigenvalue weighted by Gasteiger charge is -2.42. The maximum Gasteiger partial charge on any atom is 0.231 e. The molecule has 6 heteroatoms. The van der Waals surface area contributed by atoms with Crippen molar-refractivity contribution in [3.8, 4) is 0 Å². The number of hydrogen-bond acceptors (Lipinski definition) is 4. The predicted octanol–water partition coefficient (Wildman–Crippen LogP) is 0.271. The molecule has 3 aliphatic heterocycles. The Morgan fingerprint density at radius 1 is 0.913 bits per heavy atom. The van der Waals surface area contributed by atoms with Gasteiger partial charge in [-0.1, -0.05) is 0 Å². The summed E-state index contributed by atoms with van der Waals surface area (Å²) >= 11 is 0. The molecule has 0 aliphatic carbocycles. The number of piperidine rings is 2. The van der Waals surface area contributed by atoms with Gasteiger partial charge in [0, 0.05) is 38.8 Å². The average Bonchev–Trinajstić information content (AvgIpc) is 3.09. The first-order chi connectivity index (χ1) is 11.1. The zero-order valence-electron chi connectivity index (χ0n) is 14.1. The summed E-state index contributed by atoms with van der Waals surface area (Å²) in [6.45, 7) is 6.22. The normalized spacial score (nSPS) is 28.2. The van der Waals surface area contributed by atoms with E-state index in [4.69, 9.17) is 5.73 Å². The van der Waals surface area contributed by atoms with Crippen molar-refractivity contribution in [2.75, 3.05) is 45.8 Å². The molecule has 6 nitrogen and oxygen atoms in total. The molecule has 130 valence electrons. The summed E-state index contributed by atoms with van der Waals surface area (Å²) in [5.41, 5.74) is 5.28. The van der Waals surface area contributed by atoms with Crippen molar-refractivity contribution >= 4 is 11.8 Å². The lowest BCUT2D eigenvalue weighted by Crippen LogP contribution is -2.51. The second-order valence-electron chi connectivity index (χ2n) is 7.34. The average molecular weight is 322 g/mol. The molecule has 0 aromatic heterocycles. The molecular weight excluding hydrogens is 292 g/mol. The van der Waals surface area contributed by atoms with E-state index in [1.807, 2.05) is 0 Å². The minimum absolute atomic E-state index is 0.200. The monoisotopic (exact) mass is 322 g/mol. The molecule has 0 spiro atoms. The Morgan fingerprint density at radius 3 is 2.26 bits per heavy atom. The first kappa shape index (κ1) is 16.7. The van der Waals surface area contributed by atoms with E-state index < -0.39 is 0 Å². The topological polar surface area (TPSA) is 69.9 Å². The molecule has 0 unspecified atom stereocenters. The molecule has 3 heterocycles. The number of hydrogen-bond donors (Lipinski definition) is 1. The van der Waals surface area contributed by atoms with E-state index >= 15 is 0 Å². The highest BCUT2D eigenvalue weighted by Crippen LogP contribution is 2.26. The molecule has 0 saturated carbocycles. The van der Waals surface area contributed by atoms with E-state index in [0.29, 0.717) is 18.5 Å². The Bertz CT molecular complexity index is 428. The summed E-state index contributed by atoms with van der Waals surface area (Å²) in [6.07, 6.45) is 6.68. The molecule has 1 atom stereocenters. The van der Waals surface area contributed by atoms with Crippen LogP contribution in [0, 0.1) is 5.92 Å². The van der Waals surface area contributed by atoms with Gasteiger partial charge in [-0.3, -0.25) is 19.4 Å². The molecule has 2 amide bonds. The Labute approximate surface area is 139 Å². The van der Waals surface area contributed by atoms with E-state index in [0.717, 1.165) is 65.0 Å². The van der Waals surface area contributed by atoms with Crippen LogP contribution >= 0.6 is 0 Å². The lowest BCUT2D eigenvalue weighted by molar-refractivity contribution is -0.136. The minimum Gasteiger partial charge on any atom is -0.369 e. The van der Waals surface area contributed by atoms with Gasteiger partial charge >= 0.3 is 0 Å². The van der Waals surface area contributed by atoms with E-state index in [-0.39, 0.29) is 11.8 Å². The van der Waals surface area contributed by atoms with E-state index in [1.165, 1.54) is 12.8 Å². The summed E-state index contributed by atoms with van der Waals surface area (Å²) < 4.78 is 0. The van der Waals surface area contributed by atoms with E-state index in [9.17, 15) is 9.59 Å². The van der Waals surface area contributed by atoms with Crippen LogP contribution < -0.4 is 5.73 Å². The third-order valence-electron chi connectivity index (χ3n) is 5.67. The fourth-order valence-electron chi connectivity index (χ4n) is 4.40. The zero-order chi connectivity index (χ0) is 16.2. The largest absolute Gasteiger partial charge is 0.369 e. The third-order valence-corrected chi connectivity index (χ3v) is 5.67. The van der Waals surface area contributed by atoms with E-state index in [2.05, 4.69) is 14.7 Å². The van der Waals surface area contributed by atoms with Crippen molar-refractivity contribution in [1.82, 2.24) is 14.7 Å². The number of amides is 2. The molecule has 2 N–H and O–H groups in total. The Hall–Kier alpha value is -1.14. The predicted molar refractivity (Wildman–Crippen MR) is 88.8 cm³/mol. The van der Waals surface area contributed by atoms with Crippen LogP contribution in [0.1, 0.15) is 38.5 Å². The van der Waals surface area contributed by atoms with Gasteiger partial charge in [0.05, 0.1) is 12.5 Å². The molecule has 3 saturated heterocycles. The van der Waals surface area contributed by atoms with Gasteiger partial charge in [-0.2, -0.15) is 0 Å². The van der Waals surface area contributed by atoms with Gasteiger partial charge in [-0.05, 0) is 45.1 Å². The highest BCUT2D eigenvalue weighted by molar-refractivity contribution is 5.79. The first-order valence-electron chi connectivity index (χ1n) is 9.17. The number of rotatable bonds is 4. The standard InChI is InChI=1S/C17H30N4O2/c18-16(22)13-19-10-5-15(6-11-19)21-9-3-4-14(12-21)17(23)20-7-1-2-8-20/h14-15H,1-13H2,(H2,18,22)/t14-/m1/s1. The first-order valence-corrected chi connectivity index (χ1v) is 9.17. The molecule has 3 fully saturated rings. The molecule has 0 aromatic carbocycles. The van der Waals surface area contributed by atoms with Crippen LogP contribution in [0.2, 0.25) is 0 Å². The van der Waals surface area contributed by atoms with Crippen LogP contribution in [0.15, 0.2) is 0 Å². The summed E-state index contributed by atoms with van der Waals surface area (Å²) in [4.78, 5) is 30.4. The molecule has 0 aromatic rings. The number of carbonyl (C=O) groups excluding carboxylic acids is 2. The SMILES string of the molecule is NC(=O)CN1CCC(N2CCC[C@@H](C(=O)N3CCCC3)C2)CC1. The smallest absolute Gasteiger partial charge is 0.231 e. The lowest BCUT2D eigenvalue weighted by atomic mass is 9.93. The van der Waals surface area contributed by atoms with Crippen molar-refractivity contribution < 1.29 is 9.59 Å². The minimum atomic E-state index is -0.238. The number of primary amides is 1. The quantitative estimate of drug-likeness (QED) is 0.807. The summed E-state index contributed by atoms with van der Waals surface area (Å²) in [6, 6.07) is 0.563. The second kappa shape index (κ2) is 7.62. The molecule has 3 aliphatic rings. The van der Waals surface area contributed by atoms with Crippen LogP contribution in [-0.2, 0) is 9.59 Å². The van der Waals surface area contributed by atoms with Crippen LogP contribution in [-0.4, -0.2) is 78.4 Å². The maximum absolute atomic E-state index is 12.6. The van der Waals surface area contributed by atoms with Gasteiger partial charge in [0.1, 0.15) is 0 Å². The van der Waals surface area contributed by atoms with Gasteiger partial charge in [-0.25, -0.2) is 0 Å². The van der Waals surface area contributed by atoms with Crippen LogP contribution in [0.5, 0.6) is 0 Å². The fraction of sp³-hybridized carbons (Fsp3) is 0.882. The van der Waals surface area contributed by atoms with Gasteiger partial charge < -0.3 is 10.6 Å². The van der Waals surface area contributed by atoms with Crippen molar-refractivity contribution in [2.24, 2.45) is 11.7 Å². The van der Waals surface area contributed by atoms with Crippen LogP contribution in [0.25, 0.3) is 0 Å². The number of likely N-dealkylation sites (tertiary alicyclic amines) is 3. The zero-order valence-corrected chi connectivity index (χ0v) is 14.1. The molecule has 23 heavy (non-hydrogen) atoms. The van der Waals surface area contributed by atoms with Gasteiger partial charge in [0.15, 0.2) is 0 Å². The highest BCUT2D eigenvalue weighted by Gasteiger charge is 2.34. The number of nitrogens with zero attached hydrogens (tertiary/aromatic N) is 3. The maximum atomic E-state index is 12.6. The van der Waals surface area contributed by atoms with Gasteiger partial charge in [0.25, 0.3) is 0 Å². The molecular formula is C17H30N4O2. The summed E-state index contributed by atoms with van der Waals surface area (Å²) in [5, 5.41) is 0. The van der Waals surface area contributed by atoms with Crippen molar-refractivity contribution in [1.29, 1.82) is 0 Å². The molecule has 0 radical (unpaired) electrons. The third kappa shape index (κ3) is 4.23. The summed E-state index contributed by atoms with van der Waals surface area (Å²) in [5.74, 6) is 0.349. The van der Waals surface area contributed by atoms with Crippen LogP contribution in [0.3, 0.4) is 0 Å². The van der Waals surface area contributed by atoms with Crippen molar-refractivity contribution in [3.63, 3.8) is 0 Å². The van der Waals surface area contributed by atoms with Gasteiger partial charge in [-0.15, -0.1) is 0 Å². The Morgan fingerprint density at radius 2 is 1.61 bits per heavy atom. The highest BCUT2D eigenvalue weighted by atomic mass is 16.2. The van der Waals surface area contributed by atoms with Crippen molar-refractivity contribution in [2.45, 2.75) is 44.6 Å². The molecule has 3 rings (SSSR count). The summed E-state index contributed by atoms with van der Waals surface area (Å²) in [7, 11) is 0. The number of carbonyl (C=O) groups is 2. The molecule has 0 bridgehead atoms. The second-order valence-corrected chi connectivity index (χ2v) is 7.34.